The van der Waals surface area contributed by atoms with Gasteiger partial charge in [-0.2, -0.15) is 0 Å². The number of nitrogens with one attached hydrogen (secondary N) is 1. The fourth-order valence-corrected chi connectivity index (χ4v) is 1.99. The van der Waals surface area contributed by atoms with E-state index in [2.05, 4.69) is 42.5 Å². The summed E-state index contributed by atoms with van der Waals surface area (Å²) in [7, 11) is 1.70. The zero-order valence-corrected chi connectivity index (χ0v) is 11.7. The molecule has 1 N–H and O–H groups in total. The lowest BCUT2D eigenvalue weighted by atomic mass is 10.0. The summed E-state index contributed by atoms with van der Waals surface area (Å²) in [4.78, 5) is 0. The molecule has 19 heavy (non-hydrogen) atoms. The topological polar surface area (TPSA) is 47.3 Å². The number of nitrogens with zero attached hydrogens (tertiary/aromatic N) is 1. The van der Waals surface area contributed by atoms with Gasteiger partial charge in [0.1, 0.15) is 0 Å². The number of hydrogen-bond donors (Lipinski definition) is 1. The van der Waals surface area contributed by atoms with Gasteiger partial charge in [-0.1, -0.05) is 22.9 Å². The van der Waals surface area contributed by atoms with Gasteiger partial charge in [0.15, 0.2) is 5.76 Å². The van der Waals surface area contributed by atoms with E-state index in [-0.39, 0.29) is 0 Å². The zero-order valence-electron chi connectivity index (χ0n) is 11.7. The summed E-state index contributed by atoms with van der Waals surface area (Å²) in [5, 5.41) is 7.23. The Morgan fingerprint density at radius 2 is 2.16 bits per heavy atom. The van der Waals surface area contributed by atoms with Gasteiger partial charge in [-0.3, -0.25) is 0 Å². The van der Waals surface area contributed by atoms with Crippen molar-refractivity contribution in [3.05, 3.63) is 41.1 Å². The molecule has 0 aliphatic rings. The van der Waals surface area contributed by atoms with Gasteiger partial charge in [0.05, 0.1) is 12.8 Å². The lowest BCUT2D eigenvalue weighted by molar-refractivity contribution is 0.199. The highest BCUT2D eigenvalue weighted by molar-refractivity contribution is 5.65. The Morgan fingerprint density at radius 1 is 1.32 bits per heavy atom. The van der Waals surface area contributed by atoms with Crippen molar-refractivity contribution in [2.75, 3.05) is 20.3 Å². The van der Waals surface area contributed by atoms with Crippen LogP contribution in [-0.2, 0) is 11.3 Å². The highest BCUT2D eigenvalue weighted by atomic mass is 16.5. The highest BCUT2D eigenvalue weighted by Crippen LogP contribution is 2.27. The van der Waals surface area contributed by atoms with E-state index < -0.39 is 0 Å². The van der Waals surface area contributed by atoms with Crippen LogP contribution >= 0.6 is 0 Å². The van der Waals surface area contributed by atoms with Crippen LogP contribution in [0.5, 0.6) is 0 Å². The molecule has 0 amide bonds. The molecule has 2 aromatic rings. The molecule has 0 fully saturated rings. The minimum atomic E-state index is 0.698. The Morgan fingerprint density at radius 3 is 2.95 bits per heavy atom. The van der Waals surface area contributed by atoms with Crippen LogP contribution < -0.4 is 5.32 Å². The molecule has 102 valence electrons. The predicted octanol–water partition coefficient (Wildman–Crippen LogP) is 2.69. The third kappa shape index (κ3) is 3.43. The van der Waals surface area contributed by atoms with Crippen molar-refractivity contribution in [1.29, 1.82) is 0 Å². The van der Waals surface area contributed by atoms with E-state index in [0.717, 1.165) is 30.0 Å². The van der Waals surface area contributed by atoms with Crippen molar-refractivity contribution < 1.29 is 9.26 Å². The van der Waals surface area contributed by atoms with Crippen molar-refractivity contribution in [3.8, 4) is 11.3 Å². The van der Waals surface area contributed by atoms with Crippen LogP contribution in [0.4, 0.5) is 0 Å². The summed E-state index contributed by atoms with van der Waals surface area (Å²) in [5.74, 6) is 0.853. The molecule has 0 saturated heterocycles. The number of aromatic nitrogens is 1. The average Bonchev–Trinajstić information content (AvgIpc) is 2.86. The van der Waals surface area contributed by atoms with Crippen LogP contribution in [0.15, 0.2) is 28.9 Å². The minimum absolute atomic E-state index is 0.698. The minimum Gasteiger partial charge on any atom is -0.383 e. The molecule has 0 aliphatic heterocycles. The SMILES string of the molecule is COCCNCc1cnoc1-c1cc(C)ccc1C. The van der Waals surface area contributed by atoms with E-state index in [4.69, 9.17) is 9.26 Å². The predicted molar refractivity (Wildman–Crippen MR) is 75.0 cm³/mol. The van der Waals surface area contributed by atoms with Crippen LogP contribution in [0.2, 0.25) is 0 Å². The van der Waals surface area contributed by atoms with E-state index in [1.807, 2.05) is 0 Å². The number of rotatable bonds is 6. The van der Waals surface area contributed by atoms with Gasteiger partial charge in [-0.05, 0) is 25.5 Å². The maximum absolute atomic E-state index is 5.42. The number of methoxy groups -OCH3 is 1. The molecule has 0 saturated carbocycles. The molecular formula is C15H20N2O2. The van der Waals surface area contributed by atoms with Crippen molar-refractivity contribution in [2.24, 2.45) is 0 Å². The Hall–Kier alpha value is -1.65. The van der Waals surface area contributed by atoms with Crippen molar-refractivity contribution in [1.82, 2.24) is 10.5 Å². The van der Waals surface area contributed by atoms with Crippen molar-refractivity contribution in [2.45, 2.75) is 20.4 Å². The van der Waals surface area contributed by atoms with E-state index >= 15 is 0 Å². The van der Waals surface area contributed by atoms with Crippen molar-refractivity contribution >= 4 is 0 Å². The quantitative estimate of drug-likeness (QED) is 0.811. The molecule has 0 bridgehead atoms. The summed E-state index contributed by atoms with van der Waals surface area (Å²) >= 11 is 0. The Labute approximate surface area is 113 Å². The zero-order chi connectivity index (χ0) is 13.7. The summed E-state index contributed by atoms with van der Waals surface area (Å²) in [6, 6.07) is 6.34. The van der Waals surface area contributed by atoms with E-state index in [1.54, 1.807) is 13.3 Å². The third-order valence-electron chi connectivity index (χ3n) is 3.08. The number of hydrogen-bond acceptors (Lipinski definition) is 4. The van der Waals surface area contributed by atoms with Crippen LogP contribution in [-0.4, -0.2) is 25.4 Å². The standard InChI is InChI=1S/C15H20N2O2/c1-11-4-5-12(2)14(8-11)15-13(10-17-19-15)9-16-6-7-18-3/h4-5,8,10,16H,6-7,9H2,1-3H3. The summed E-state index contributed by atoms with van der Waals surface area (Å²) < 4.78 is 10.4. The lowest BCUT2D eigenvalue weighted by Crippen LogP contribution is -2.18. The Bertz CT molecular complexity index is 535. The molecule has 1 aromatic carbocycles. The second-order valence-corrected chi connectivity index (χ2v) is 4.67. The molecule has 2 rings (SSSR count). The molecule has 0 spiro atoms. The van der Waals surface area contributed by atoms with Gasteiger partial charge in [-0.15, -0.1) is 0 Å². The lowest BCUT2D eigenvalue weighted by Gasteiger charge is -2.07. The third-order valence-corrected chi connectivity index (χ3v) is 3.08. The highest BCUT2D eigenvalue weighted by Gasteiger charge is 2.12. The second kappa shape index (κ2) is 6.50. The summed E-state index contributed by atoms with van der Waals surface area (Å²) in [6.45, 7) is 6.41. The molecule has 4 nitrogen and oxygen atoms in total. The first-order valence-electron chi connectivity index (χ1n) is 6.43. The molecule has 0 aliphatic carbocycles. The molecule has 0 radical (unpaired) electrons. The van der Waals surface area contributed by atoms with Gasteiger partial charge in [0.25, 0.3) is 0 Å². The van der Waals surface area contributed by atoms with Gasteiger partial charge in [-0.25, -0.2) is 0 Å². The average molecular weight is 260 g/mol. The van der Waals surface area contributed by atoms with Gasteiger partial charge in [0, 0.05) is 31.3 Å². The van der Waals surface area contributed by atoms with Gasteiger partial charge < -0.3 is 14.6 Å². The van der Waals surface area contributed by atoms with Crippen molar-refractivity contribution in [3.63, 3.8) is 0 Å². The first-order valence-corrected chi connectivity index (χ1v) is 6.43. The molecular weight excluding hydrogens is 240 g/mol. The normalized spacial score (nSPS) is 10.9. The van der Waals surface area contributed by atoms with Crippen LogP contribution in [0.1, 0.15) is 16.7 Å². The number of ether oxygens (including phenoxy) is 1. The smallest absolute Gasteiger partial charge is 0.171 e. The Balaban J connectivity index is 2.16. The summed E-state index contributed by atoms with van der Waals surface area (Å²) in [6.07, 6.45) is 1.77. The van der Waals surface area contributed by atoms with Crippen LogP contribution in [0.3, 0.4) is 0 Å². The fraction of sp³-hybridized carbons (Fsp3) is 0.400. The molecule has 1 aromatic heterocycles. The van der Waals surface area contributed by atoms with E-state index in [0.29, 0.717) is 6.61 Å². The number of benzene rings is 1. The van der Waals surface area contributed by atoms with E-state index in [9.17, 15) is 0 Å². The monoisotopic (exact) mass is 260 g/mol. The molecule has 0 atom stereocenters. The molecule has 1 heterocycles. The fourth-order valence-electron chi connectivity index (χ4n) is 1.99. The van der Waals surface area contributed by atoms with Crippen LogP contribution in [0.25, 0.3) is 11.3 Å². The first-order chi connectivity index (χ1) is 9.22. The van der Waals surface area contributed by atoms with Gasteiger partial charge in [0.2, 0.25) is 0 Å². The molecule has 0 unspecified atom stereocenters. The van der Waals surface area contributed by atoms with E-state index in [1.165, 1.54) is 11.1 Å². The maximum Gasteiger partial charge on any atom is 0.171 e. The second-order valence-electron chi connectivity index (χ2n) is 4.67. The Kier molecular flexibility index (Phi) is 4.71. The van der Waals surface area contributed by atoms with Gasteiger partial charge >= 0.3 is 0 Å². The molecule has 4 heteroatoms. The number of aryl methyl sites for hydroxylation is 2. The first kappa shape index (κ1) is 13.8. The largest absolute Gasteiger partial charge is 0.383 e. The summed E-state index contributed by atoms with van der Waals surface area (Å²) in [5.41, 5.74) is 4.60. The van der Waals surface area contributed by atoms with Crippen LogP contribution in [0, 0.1) is 13.8 Å². The maximum atomic E-state index is 5.42.